The highest BCUT2D eigenvalue weighted by atomic mass is 16.3. The molecule has 3 heteroatoms. The normalized spacial score (nSPS) is 10.7. The topological polar surface area (TPSA) is 57.5 Å². The second kappa shape index (κ2) is 5.19. The van der Waals surface area contributed by atoms with Crippen molar-refractivity contribution >= 4 is 11.9 Å². The molecule has 0 radical (unpaired) electrons. The van der Waals surface area contributed by atoms with Gasteiger partial charge in [-0.25, -0.2) is 0 Å². The highest BCUT2D eigenvalue weighted by Gasteiger charge is 2.06. The number of aromatic hydroxyl groups is 2. The van der Waals surface area contributed by atoms with Gasteiger partial charge in [0, 0.05) is 0 Å². The summed E-state index contributed by atoms with van der Waals surface area (Å²) in [5, 5.41) is 18.8. The first-order valence-electron chi connectivity index (χ1n) is 5.46. The molecule has 0 amide bonds. The molecule has 0 aliphatic rings. The molecule has 2 N–H and O–H groups in total. The summed E-state index contributed by atoms with van der Waals surface area (Å²) in [6.07, 6.45) is 2.96. The van der Waals surface area contributed by atoms with Gasteiger partial charge in [0.25, 0.3) is 0 Å². The standard InChI is InChI=1S/C15H12O3/c16-12-5-3-4-11(10-12)8-9-15(18)13-6-1-2-7-14(13)17/h1-10,16-17H/b9-8+. The SMILES string of the molecule is O=C(/C=C/c1cccc(O)c1)c1ccccc1O. The maximum Gasteiger partial charge on any atom is 0.189 e. The van der Waals surface area contributed by atoms with E-state index in [1.165, 1.54) is 12.1 Å². The minimum Gasteiger partial charge on any atom is -0.508 e. The summed E-state index contributed by atoms with van der Waals surface area (Å²) in [6, 6.07) is 12.9. The average molecular weight is 240 g/mol. The van der Waals surface area contributed by atoms with Crippen molar-refractivity contribution < 1.29 is 15.0 Å². The van der Waals surface area contributed by atoms with Crippen LogP contribution in [0.2, 0.25) is 0 Å². The Bertz CT molecular complexity index is 600. The first-order valence-corrected chi connectivity index (χ1v) is 5.46. The largest absolute Gasteiger partial charge is 0.508 e. The molecule has 0 fully saturated rings. The van der Waals surface area contributed by atoms with Crippen molar-refractivity contribution in [3.05, 3.63) is 65.7 Å². The van der Waals surface area contributed by atoms with Gasteiger partial charge in [0.15, 0.2) is 5.78 Å². The lowest BCUT2D eigenvalue weighted by atomic mass is 10.1. The van der Waals surface area contributed by atoms with Crippen LogP contribution in [-0.4, -0.2) is 16.0 Å². The third-order valence-electron chi connectivity index (χ3n) is 2.47. The Morgan fingerprint density at radius 2 is 1.78 bits per heavy atom. The lowest BCUT2D eigenvalue weighted by Gasteiger charge is -1.99. The fraction of sp³-hybridized carbons (Fsp3) is 0. The molecule has 18 heavy (non-hydrogen) atoms. The average Bonchev–Trinajstić information content (AvgIpc) is 2.37. The summed E-state index contributed by atoms with van der Waals surface area (Å²) in [5.41, 5.74) is 0.979. The van der Waals surface area contributed by atoms with Gasteiger partial charge in [-0.05, 0) is 35.9 Å². The van der Waals surface area contributed by atoms with Gasteiger partial charge in [-0.1, -0.05) is 30.3 Å². The van der Waals surface area contributed by atoms with Gasteiger partial charge in [-0.3, -0.25) is 4.79 Å². The van der Waals surface area contributed by atoms with E-state index >= 15 is 0 Å². The first-order chi connectivity index (χ1) is 8.66. The zero-order chi connectivity index (χ0) is 13.0. The van der Waals surface area contributed by atoms with E-state index in [1.54, 1.807) is 48.5 Å². The van der Waals surface area contributed by atoms with Gasteiger partial charge < -0.3 is 10.2 Å². The molecule has 0 unspecified atom stereocenters. The van der Waals surface area contributed by atoms with Crippen LogP contribution in [0.5, 0.6) is 11.5 Å². The smallest absolute Gasteiger partial charge is 0.189 e. The monoisotopic (exact) mass is 240 g/mol. The first kappa shape index (κ1) is 11.9. The Labute approximate surface area is 105 Å². The van der Waals surface area contributed by atoms with E-state index in [-0.39, 0.29) is 22.8 Å². The van der Waals surface area contributed by atoms with Crippen LogP contribution in [0.3, 0.4) is 0 Å². The van der Waals surface area contributed by atoms with Crippen molar-refractivity contribution in [1.82, 2.24) is 0 Å². The molecule has 0 saturated carbocycles. The van der Waals surface area contributed by atoms with Crippen molar-refractivity contribution in [2.75, 3.05) is 0 Å². The minimum absolute atomic E-state index is 0.0388. The third kappa shape index (κ3) is 2.77. The number of carbonyl (C=O) groups is 1. The molecule has 0 atom stereocenters. The Kier molecular flexibility index (Phi) is 3.44. The van der Waals surface area contributed by atoms with Crippen molar-refractivity contribution in [3.8, 4) is 11.5 Å². The van der Waals surface area contributed by atoms with Crippen molar-refractivity contribution in [2.45, 2.75) is 0 Å². The van der Waals surface area contributed by atoms with Gasteiger partial charge in [0.2, 0.25) is 0 Å². The summed E-state index contributed by atoms with van der Waals surface area (Å²) >= 11 is 0. The highest BCUT2D eigenvalue weighted by molar-refractivity contribution is 6.08. The van der Waals surface area contributed by atoms with Gasteiger partial charge in [-0.2, -0.15) is 0 Å². The summed E-state index contributed by atoms with van der Waals surface area (Å²) in [4.78, 5) is 11.8. The van der Waals surface area contributed by atoms with E-state index < -0.39 is 0 Å². The predicted octanol–water partition coefficient (Wildman–Crippen LogP) is 2.99. The Morgan fingerprint density at radius 3 is 2.50 bits per heavy atom. The Morgan fingerprint density at radius 1 is 1.00 bits per heavy atom. The summed E-state index contributed by atoms with van der Waals surface area (Å²) in [7, 11) is 0. The molecule has 0 spiro atoms. The molecule has 0 saturated heterocycles. The second-order valence-electron chi connectivity index (χ2n) is 3.81. The minimum atomic E-state index is -0.281. The molecule has 2 rings (SSSR count). The maximum atomic E-state index is 11.8. The number of phenols is 2. The van der Waals surface area contributed by atoms with Crippen LogP contribution >= 0.6 is 0 Å². The lowest BCUT2D eigenvalue weighted by Crippen LogP contribution is -1.94. The number of para-hydroxylation sites is 1. The van der Waals surface area contributed by atoms with Crippen LogP contribution in [0.1, 0.15) is 15.9 Å². The van der Waals surface area contributed by atoms with Gasteiger partial charge >= 0.3 is 0 Å². The molecular formula is C15H12O3. The predicted molar refractivity (Wildman–Crippen MR) is 69.6 cm³/mol. The molecule has 0 aliphatic heterocycles. The number of hydrogen-bond donors (Lipinski definition) is 2. The Hall–Kier alpha value is -2.55. The van der Waals surface area contributed by atoms with Gasteiger partial charge in [0.1, 0.15) is 11.5 Å². The molecule has 2 aromatic rings. The highest BCUT2D eigenvalue weighted by Crippen LogP contribution is 2.17. The van der Waals surface area contributed by atoms with Crippen LogP contribution in [0.4, 0.5) is 0 Å². The van der Waals surface area contributed by atoms with Gasteiger partial charge in [0.05, 0.1) is 5.56 Å². The van der Waals surface area contributed by atoms with E-state index in [4.69, 9.17) is 0 Å². The quantitative estimate of drug-likeness (QED) is 0.640. The van der Waals surface area contributed by atoms with E-state index in [2.05, 4.69) is 0 Å². The number of benzene rings is 2. The lowest BCUT2D eigenvalue weighted by molar-refractivity contribution is 0.104. The van der Waals surface area contributed by atoms with E-state index in [1.807, 2.05) is 0 Å². The van der Waals surface area contributed by atoms with Crippen LogP contribution in [0.25, 0.3) is 6.08 Å². The van der Waals surface area contributed by atoms with Crippen molar-refractivity contribution in [3.63, 3.8) is 0 Å². The summed E-state index contributed by atoms with van der Waals surface area (Å²) < 4.78 is 0. The number of phenolic OH excluding ortho intramolecular Hbond substituents is 2. The molecule has 0 aliphatic carbocycles. The molecular weight excluding hydrogens is 228 g/mol. The number of carbonyl (C=O) groups excluding carboxylic acids is 1. The van der Waals surface area contributed by atoms with Gasteiger partial charge in [-0.15, -0.1) is 0 Å². The summed E-state index contributed by atoms with van der Waals surface area (Å²) in [6.45, 7) is 0. The van der Waals surface area contributed by atoms with Crippen molar-refractivity contribution in [1.29, 1.82) is 0 Å². The number of hydrogen-bond acceptors (Lipinski definition) is 3. The molecule has 0 aromatic heterocycles. The molecule has 2 aromatic carbocycles. The number of rotatable bonds is 3. The summed E-state index contributed by atoms with van der Waals surface area (Å²) in [5.74, 6) is -0.174. The second-order valence-corrected chi connectivity index (χ2v) is 3.81. The van der Waals surface area contributed by atoms with E-state index in [0.717, 1.165) is 5.56 Å². The fourth-order valence-electron chi connectivity index (χ4n) is 1.57. The van der Waals surface area contributed by atoms with Crippen LogP contribution < -0.4 is 0 Å². The zero-order valence-electron chi connectivity index (χ0n) is 9.58. The molecule has 0 bridgehead atoms. The molecule has 0 heterocycles. The van der Waals surface area contributed by atoms with E-state index in [0.29, 0.717) is 0 Å². The van der Waals surface area contributed by atoms with Crippen LogP contribution in [-0.2, 0) is 0 Å². The zero-order valence-corrected chi connectivity index (χ0v) is 9.58. The molecule has 3 nitrogen and oxygen atoms in total. The molecule has 90 valence electrons. The van der Waals surface area contributed by atoms with Crippen molar-refractivity contribution in [2.24, 2.45) is 0 Å². The number of allylic oxidation sites excluding steroid dienone is 1. The number of ketones is 1. The van der Waals surface area contributed by atoms with E-state index in [9.17, 15) is 15.0 Å². The van der Waals surface area contributed by atoms with Crippen LogP contribution in [0, 0.1) is 0 Å². The van der Waals surface area contributed by atoms with Crippen LogP contribution in [0.15, 0.2) is 54.6 Å². The Balaban J connectivity index is 2.20. The maximum absolute atomic E-state index is 11.8. The third-order valence-corrected chi connectivity index (χ3v) is 2.47. The fourth-order valence-corrected chi connectivity index (χ4v) is 1.57.